The van der Waals surface area contributed by atoms with E-state index in [0.29, 0.717) is 24.2 Å². The SMILES string of the molecule is CC(C)[C@@H](CCCC(C)(C)C(=O)O)C[C@H](O)[C@@H](N)CC1CCCCC1. The van der Waals surface area contributed by atoms with E-state index in [9.17, 15) is 15.0 Å². The molecule has 0 bridgehead atoms. The van der Waals surface area contributed by atoms with Crippen molar-refractivity contribution in [2.24, 2.45) is 28.9 Å². The van der Waals surface area contributed by atoms with Gasteiger partial charge >= 0.3 is 5.97 Å². The van der Waals surface area contributed by atoms with Gasteiger partial charge in [0.25, 0.3) is 0 Å². The van der Waals surface area contributed by atoms with Crippen LogP contribution in [-0.2, 0) is 4.79 Å². The third-order valence-corrected chi connectivity index (χ3v) is 6.27. The Labute approximate surface area is 154 Å². The molecule has 0 unspecified atom stereocenters. The van der Waals surface area contributed by atoms with E-state index in [0.717, 1.165) is 25.7 Å². The number of aliphatic hydroxyl groups is 1. The molecule has 1 rings (SSSR count). The van der Waals surface area contributed by atoms with Crippen LogP contribution in [0.1, 0.15) is 91.9 Å². The number of carboxylic acids is 1. The highest BCUT2D eigenvalue weighted by Gasteiger charge is 2.28. The normalized spacial score (nSPS) is 20.4. The lowest BCUT2D eigenvalue weighted by Crippen LogP contribution is -2.38. The van der Waals surface area contributed by atoms with Gasteiger partial charge in [-0.25, -0.2) is 0 Å². The van der Waals surface area contributed by atoms with Crippen LogP contribution >= 0.6 is 0 Å². The van der Waals surface area contributed by atoms with Gasteiger partial charge in [0.05, 0.1) is 11.5 Å². The summed E-state index contributed by atoms with van der Waals surface area (Å²) in [7, 11) is 0. The summed E-state index contributed by atoms with van der Waals surface area (Å²) in [6.07, 6.45) is 10.2. The minimum Gasteiger partial charge on any atom is -0.481 e. The number of hydrogen-bond acceptors (Lipinski definition) is 3. The van der Waals surface area contributed by atoms with Crippen molar-refractivity contribution in [3.63, 3.8) is 0 Å². The van der Waals surface area contributed by atoms with Crippen molar-refractivity contribution in [1.82, 2.24) is 0 Å². The summed E-state index contributed by atoms with van der Waals surface area (Å²) in [4.78, 5) is 11.2. The van der Waals surface area contributed by atoms with Gasteiger partial charge in [-0.3, -0.25) is 4.79 Å². The van der Waals surface area contributed by atoms with Crippen LogP contribution in [0.3, 0.4) is 0 Å². The fraction of sp³-hybridized carbons (Fsp3) is 0.952. The molecule has 0 aromatic heterocycles. The smallest absolute Gasteiger partial charge is 0.309 e. The zero-order valence-electron chi connectivity index (χ0n) is 16.8. The lowest BCUT2D eigenvalue weighted by molar-refractivity contribution is -0.147. The Kier molecular flexibility index (Phi) is 9.44. The number of nitrogens with two attached hydrogens (primary N) is 1. The molecule has 0 aliphatic heterocycles. The molecule has 3 atom stereocenters. The summed E-state index contributed by atoms with van der Waals surface area (Å²) in [6.45, 7) is 7.95. The maximum atomic E-state index is 11.2. The van der Waals surface area contributed by atoms with Crippen molar-refractivity contribution in [2.75, 3.05) is 0 Å². The van der Waals surface area contributed by atoms with Crippen LogP contribution in [0.4, 0.5) is 0 Å². The summed E-state index contributed by atoms with van der Waals surface area (Å²) in [5.74, 6) is 0.830. The van der Waals surface area contributed by atoms with Gasteiger partial charge in [-0.05, 0) is 50.9 Å². The molecule has 1 aliphatic carbocycles. The molecule has 4 N–H and O–H groups in total. The first-order chi connectivity index (χ1) is 11.6. The Morgan fingerprint density at radius 2 is 1.80 bits per heavy atom. The first kappa shape index (κ1) is 22.4. The number of carboxylic acid groups (broad SMARTS) is 1. The molecule has 4 nitrogen and oxygen atoms in total. The van der Waals surface area contributed by atoms with Gasteiger partial charge in [0.15, 0.2) is 0 Å². The van der Waals surface area contributed by atoms with Crippen molar-refractivity contribution in [1.29, 1.82) is 0 Å². The fourth-order valence-corrected chi connectivity index (χ4v) is 4.09. The Morgan fingerprint density at radius 1 is 1.20 bits per heavy atom. The lowest BCUT2D eigenvalue weighted by Gasteiger charge is -2.30. The summed E-state index contributed by atoms with van der Waals surface area (Å²) >= 11 is 0. The minimum atomic E-state index is -0.733. The summed E-state index contributed by atoms with van der Waals surface area (Å²) in [6, 6.07) is -0.125. The van der Waals surface area contributed by atoms with E-state index in [1.807, 2.05) is 0 Å². The Bertz CT molecular complexity index is 389. The number of carbonyl (C=O) groups is 1. The van der Waals surface area contributed by atoms with Crippen LogP contribution in [0.2, 0.25) is 0 Å². The van der Waals surface area contributed by atoms with E-state index in [-0.39, 0.29) is 6.04 Å². The van der Waals surface area contributed by atoms with E-state index in [1.54, 1.807) is 13.8 Å². The van der Waals surface area contributed by atoms with Crippen LogP contribution in [0.25, 0.3) is 0 Å². The maximum absolute atomic E-state index is 11.2. The third-order valence-electron chi connectivity index (χ3n) is 6.27. The predicted octanol–water partition coefficient (Wildman–Crippen LogP) is 4.59. The van der Waals surface area contributed by atoms with E-state index in [1.165, 1.54) is 32.1 Å². The average Bonchev–Trinajstić information content (AvgIpc) is 2.54. The molecule has 1 aliphatic rings. The number of hydrogen-bond donors (Lipinski definition) is 3. The zero-order chi connectivity index (χ0) is 19.0. The molecule has 0 aromatic carbocycles. The van der Waals surface area contributed by atoms with Gasteiger partial charge in [0, 0.05) is 6.04 Å². The molecular weight excluding hydrogens is 314 g/mol. The maximum Gasteiger partial charge on any atom is 0.309 e. The first-order valence-corrected chi connectivity index (χ1v) is 10.3. The third kappa shape index (κ3) is 8.08. The summed E-state index contributed by atoms with van der Waals surface area (Å²) < 4.78 is 0. The molecule has 1 saturated carbocycles. The lowest BCUT2D eigenvalue weighted by atomic mass is 9.79. The van der Waals surface area contributed by atoms with E-state index < -0.39 is 17.5 Å². The second-order valence-corrected chi connectivity index (χ2v) is 9.29. The molecule has 0 amide bonds. The van der Waals surface area contributed by atoms with Crippen molar-refractivity contribution >= 4 is 5.97 Å². The van der Waals surface area contributed by atoms with Crippen LogP contribution in [-0.4, -0.2) is 28.3 Å². The highest BCUT2D eigenvalue weighted by Crippen LogP contribution is 2.31. The molecule has 0 spiro atoms. The van der Waals surface area contributed by atoms with E-state index in [4.69, 9.17) is 5.73 Å². The quantitative estimate of drug-likeness (QED) is 0.506. The van der Waals surface area contributed by atoms with Crippen LogP contribution in [0, 0.1) is 23.2 Å². The van der Waals surface area contributed by atoms with Gasteiger partial charge < -0.3 is 15.9 Å². The number of rotatable bonds is 11. The minimum absolute atomic E-state index is 0.125. The van der Waals surface area contributed by atoms with E-state index >= 15 is 0 Å². The van der Waals surface area contributed by atoms with Crippen LogP contribution in [0.5, 0.6) is 0 Å². The molecule has 0 saturated heterocycles. The summed E-state index contributed by atoms with van der Waals surface area (Å²) in [5.41, 5.74) is 5.64. The van der Waals surface area contributed by atoms with Crippen molar-refractivity contribution < 1.29 is 15.0 Å². The summed E-state index contributed by atoms with van der Waals surface area (Å²) in [5, 5.41) is 19.8. The molecule has 25 heavy (non-hydrogen) atoms. The van der Waals surface area contributed by atoms with Gasteiger partial charge in [0.1, 0.15) is 0 Å². The first-order valence-electron chi connectivity index (χ1n) is 10.3. The Morgan fingerprint density at radius 3 is 2.32 bits per heavy atom. The van der Waals surface area contributed by atoms with Gasteiger partial charge in [0.2, 0.25) is 0 Å². The van der Waals surface area contributed by atoms with E-state index in [2.05, 4.69) is 13.8 Å². The fourth-order valence-electron chi connectivity index (χ4n) is 4.09. The van der Waals surface area contributed by atoms with Gasteiger partial charge in [-0.1, -0.05) is 58.8 Å². The predicted molar refractivity (Wildman–Crippen MR) is 103 cm³/mol. The second kappa shape index (κ2) is 10.5. The Balaban J connectivity index is 2.43. The largest absolute Gasteiger partial charge is 0.481 e. The zero-order valence-corrected chi connectivity index (χ0v) is 16.8. The van der Waals surface area contributed by atoms with Crippen molar-refractivity contribution in [3.8, 4) is 0 Å². The number of aliphatic hydroxyl groups excluding tert-OH is 1. The van der Waals surface area contributed by atoms with Gasteiger partial charge in [-0.2, -0.15) is 0 Å². The van der Waals surface area contributed by atoms with Crippen molar-refractivity contribution in [3.05, 3.63) is 0 Å². The molecule has 0 aromatic rings. The average molecular weight is 356 g/mol. The highest BCUT2D eigenvalue weighted by molar-refractivity contribution is 5.73. The number of aliphatic carboxylic acids is 1. The Hall–Kier alpha value is -0.610. The molecule has 148 valence electrons. The molecule has 4 heteroatoms. The molecule has 0 heterocycles. The monoisotopic (exact) mass is 355 g/mol. The van der Waals surface area contributed by atoms with Crippen LogP contribution in [0.15, 0.2) is 0 Å². The standard InChI is InChI=1S/C21H41NO3/c1-15(2)17(11-8-12-21(3,4)20(24)25)14-19(23)18(22)13-16-9-6-5-7-10-16/h15-19,23H,5-14,22H2,1-4H3,(H,24,25)/t17-,18-,19-/m0/s1. The molecule has 0 radical (unpaired) electrons. The highest BCUT2D eigenvalue weighted by atomic mass is 16.4. The molecular formula is C21H41NO3. The van der Waals surface area contributed by atoms with Crippen molar-refractivity contribution in [2.45, 2.75) is 104 Å². The topological polar surface area (TPSA) is 83.5 Å². The van der Waals surface area contributed by atoms with Crippen LogP contribution < -0.4 is 5.73 Å². The van der Waals surface area contributed by atoms with Gasteiger partial charge in [-0.15, -0.1) is 0 Å². The second-order valence-electron chi connectivity index (χ2n) is 9.29. The molecule has 1 fully saturated rings.